The molecule has 0 radical (unpaired) electrons. The van der Waals surface area contributed by atoms with Gasteiger partial charge in [0.1, 0.15) is 0 Å². The quantitative estimate of drug-likeness (QED) is 0.540. The number of nitrogens with zero attached hydrogens (tertiary/aromatic N) is 1. The van der Waals surface area contributed by atoms with Crippen molar-refractivity contribution in [1.29, 1.82) is 0 Å². The first-order valence-electron chi connectivity index (χ1n) is 5.64. The third-order valence-electron chi connectivity index (χ3n) is 3.18. The van der Waals surface area contributed by atoms with Crippen molar-refractivity contribution in [2.75, 3.05) is 0 Å². The fraction of sp³-hybridized carbons (Fsp3) is 0.636. The molecule has 1 rings (SSSR count). The van der Waals surface area contributed by atoms with Crippen molar-refractivity contribution >= 4 is 5.91 Å². The number of carbonyl (C=O) groups is 1. The van der Waals surface area contributed by atoms with Crippen molar-refractivity contribution in [3.63, 3.8) is 0 Å². The van der Waals surface area contributed by atoms with E-state index in [4.69, 9.17) is 5.26 Å². The Bertz CT molecular complexity index is 427. The molecule has 1 aromatic heterocycles. The van der Waals surface area contributed by atoms with Gasteiger partial charge in [-0.05, 0) is 27.2 Å². The largest absolute Gasteiger partial charge is 0.388 e. The van der Waals surface area contributed by atoms with Gasteiger partial charge in [0, 0.05) is 0 Å². The second-order valence-corrected chi connectivity index (χ2v) is 4.44. The molecule has 7 heteroatoms. The maximum atomic E-state index is 11.9. The van der Waals surface area contributed by atoms with Gasteiger partial charge >= 0.3 is 5.95 Å². The number of nitrogens with one attached hydrogen (secondary N) is 1. The van der Waals surface area contributed by atoms with E-state index in [-0.39, 0.29) is 11.6 Å². The summed E-state index contributed by atoms with van der Waals surface area (Å²) in [5.41, 5.74) is -0.708. The monoisotopic (exact) mass is 258 g/mol. The Kier molecular flexibility index (Phi) is 4.31. The van der Waals surface area contributed by atoms with Crippen LogP contribution < -0.4 is 10.2 Å². The highest BCUT2D eigenvalue weighted by molar-refractivity contribution is 5.94. The molecule has 3 N–H and O–H groups in total. The van der Waals surface area contributed by atoms with Crippen molar-refractivity contribution < 1.29 is 24.6 Å². The van der Waals surface area contributed by atoms with Crippen LogP contribution in [0.3, 0.4) is 0 Å². The van der Waals surface area contributed by atoms with E-state index in [0.29, 0.717) is 12.0 Å². The summed E-state index contributed by atoms with van der Waals surface area (Å²) in [6, 6.07) is -0.454. The molecular weight excluding hydrogens is 240 g/mol. The second kappa shape index (κ2) is 5.36. The lowest BCUT2D eigenvalue weighted by molar-refractivity contribution is -0.158. The Morgan fingerprint density at radius 2 is 2.28 bits per heavy atom. The van der Waals surface area contributed by atoms with Crippen LogP contribution in [0.15, 0.2) is 4.52 Å². The molecule has 2 unspecified atom stereocenters. The smallest absolute Gasteiger partial charge is 0.350 e. The van der Waals surface area contributed by atoms with Gasteiger partial charge < -0.3 is 14.9 Å². The summed E-state index contributed by atoms with van der Waals surface area (Å²) in [6.45, 7) is 6.68. The SMILES string of the molecule is CCC(C)(O)C(C)NC(=O)c1noc(OO)c1C. The third-order valence-corrected chi connectivity index (χ3v) is 3.18. The first-order chi connectivity index (χ1) is 8.33. The molecule has 1 heterocycles. The van der Waals surface area contributed by atoms with E-state index < -0.39 is 17.6 Å². The molecule has 18 heavy (non-hydrogen) atoms. The summed E-state index contributed by atoms with van der Waals surface area (Å²) in [7, 11) is 0. The fourth-order valence-electron chi connectivity index (χ4n) is 1.34. The molecule has 0 bridgehead atoms. The van der Waals surface area contributed by atoms with Crippen molar-refractivity contribution in [2.24, 2.45) is 0 Å². The molecule has 0 fully saturated rings. The molecule has 0 aromatic carbocycles. The van der Waals surface area contributed by atoms with Crippen LogP contribution in [-0.4, -0.2) is 33.1 Å². The van der Waals surface area contributed by atoms with Crippen LogP contribution in [0.4, 0.5) is 0 Å². The standard InChI is InChI=1S/C11H18N2O5/c1-5-11(4,15)7(3)12-9(14)8-6(2)10(18-16)17-13-8/h7,15-16H,5H2,1-4H3,(H,12,14). The zero-order valence-corrected chi connectivity index (χ0v) is 10.9. The average molecular weight is 258 g/mol. The Balaban J connectivity index is 2.80. The van der Waals surface area contributed by atoms with Gasteiger partial charge in [-0.25, -0.2) is 0 Å². The topological polar surface area (TPSA) is 105 Å². The van der Waals surface area contributed by atoms with E-state index >= 15 is 0 Å². The van der Waals surface area contributed by atoms with Crippen LogP contribution in [-0.2, 0) is 0 Å². The molecule has 0 aliphatic carbocycles. The zero-order valence-electron chi connectivity index (χ0n) is 10.9. The summed E-state index contributed by atoms with van der Waals surface area (Å²) in [6.07, 6.45) is 0.497. The molecule has 0 saturated heterocycles. The molecule has 0 aliphatic heterocycles. The first kappa shape index (κ1) is 14.5. The van der Waals surface area contributed by atoms with Crippen molar-refractivity contribution in [3.05, 3.63) is 11.3 Å². The first-order valence-corrected chi connectivity index (χ1v) is 5.64. The van der Waals surface area contributed by atoms with E-state index in [1.807, 2.05) is 6.92 Å². The van der Waals surface area contributed by atoms with Gasteiger partial charge in [0.05, 0.1) is 17.2 Å². The maximum Gasteiger partial charge on any atom is 0.350 e. The molecule has 1 aromatic rings. The summed E-state index contributed by atoms with van der Waals surface area (Å²) in [4.78, 5) is 15.8. The Labute approximate surface area is 105 Å². The number of amides is 1. The van der Waals surface area contributed by atoms with Crippen molar-refractivity contribution in [2.45, 2.75) is 45.8 Å². The molecule has 1 amide bonds. The Hall–Kier alpha value is -1.60. The lowest BCUT2D eigenvalue weighted by Gasteiger charge is -2.29. The third kappa shape index (κ3) is 2.80. The van der Waals surface area contributed by atoms with Crippen LogP contribution in [0.25, 0.3) is 0 Å². The molecule has 2 atom stereocenters. The second-order valence-electron chi connectivity index (χ2n) is 4.44. The average Bonchev–Trinajstić information content (AvgIpc) is 2.70. The van der Waals surface area contributed by atoms with Crippen molar-refractivity contribution in [1.82, 2.24) is 10.5 Å². The molecule has 7 nitrogen and oxygen atoms in total. The predicted octanol–water partition coefficient (Wildman–Crippen LogP) is 1.11. The summed E-state index contributed by atoms with van der Waals surface area (Å²) in [5.74, 6) is -0.726. The van der Waals surface area contributed by atoms with E-state index in [1.54, 1.807) is 13.8 Å². The summed E-state index contributed by atoms with van der Waals surface area (Å²) >= 11 is 0. The lowest BCUT2D eigenvalue weighted by Crippen LogP contribution is -2.48. The fourth-order valence-corrected chi connectivity index (χ4v) is 1.34. The van der Waals surface area contributed by atoms with Gasteiger partial charge in [0.15, 0.2) is 5.69 Å². The highest BCUT2D eigenvalue weighted by atomic mass is 17.1. The van der Waals surface area contributed by atoms with Crippen LogP contribution in [0.5, 0.6) is 5.95 Å². The van der Waals surface area contributed by atoms with E-state index in [2.05, 4.69) is 19.9 Å². The van der Waals surface area contributed by atoms with Crippen LogP contribution >= 0.6 is 0 Å². The molecular formula is C11H18N2O5. The van der Waals surface area contributed by atoms with Gasteiger partial charge in [0.25, 0.3) is 5.91 Å². The number of hydrogen-bond acceptors (Lipinski definition) is 6. The lowest BCUT2D eigenvalue weighted by atomic mass is 9.95. The molecule has 0 saturated carbocycles. The Morgan fingerprint density at radius 3 is 2.72 bits per heavy atom. The molecule has 102 valence electrons. The summed E-state index contributed by atoms with van der Waals surface area (Å²) in [5, 5.41) is 24.6. The maximum absolute atomic E-state index is 11.9. The van der Waals surface area contributed by atoms with E-state index in [9.17, 15) is 9.90 Å². The van der Waals surface area contributed by atoms with Crippen LogP contribution in [0.1, 0.15) is 43.2 Å². The molecule has 0 aliphatic rings. The number of aliphatic hydroxyl groups is 1. The summed E-state index contributed by atoms with van der Waals surface area (Å²) < 4.78 is 4.61. The van der Waals surface area contributed by atoms with E-state index in [0.717, 1.165) is 0 Å². The van der Waals surface area contributed by atoms with Gasteiger partial charge in [-0.2, -0.15) is 5.26 Å². The van der Waals surface area contributed by atoms with Gasteiger partial charge in [-0.1, -0.05) is 12.1 Å². The minimum Gasteiger partial charge on any atom is -0.388 e. The van der Waals surface area contributed by atoms with E-state index in [1.165, 1.54) is 6.92 Å². The van der Waals surface area contributed by atoms with Crippen LogP contribution in [0.2, 0.25) is 0 Å². The van der Waals surface area contributed by atoms with Gasteiger partial charge in [0.2, 0.25) is 0 Å². The van der Waals surface area contributed by atoms with Crippen molar-refractivity contribution in [3.8, 4) is 5.95 Å². The molecule has 0 spiro atoms. The minimum absolute atomic E-state index is 0.0119. The minimum atomic E-state index is -1.01. The van der Waals surface area contributed by atoms with Gasteiger partial charge in [-0.15, -0.1) is 0 Å². The van der Waals surface area contributed by atoms with Gasteiger partial charge in [-0.3, -0.25) is 9.68 Å². The zero-order chi connectivity index (χ0) is 13.9. The number of carbonyl (C=O) groups excluding carboxylic acids is 1. The normalized spacial score (nSPS) is 15.9. The number of rotatable bonds is 5. The highest BCUT2D eigenvalue weighted by Gasteiger charge is 2.29. The highest BCUT2D eigenvalue weighted by Crippen LogP contribution is 2.21. The Morgan fingerprint density at radius 1 is 1.67 bits per heavy atom. The predicted molar refractivity (Wildman–Crippen MR) is 62.3 cm³/mol. The number of hydrogen-bond donors (Lipinski definition) is 3. The number of aromatic nitrogens is 1. The van der Waals surface area contributed by atoms with Crippen LogP contribution in [0, 0.1) is 6.92 Å².